The molecule has 2 aromatic carbocycles. The van der Waals surface area contributed by atoms with Gasteiger partial charge in [-0.15, -0.1) is 0 Å². The lowest BCUT2D eigenvalue weighted by Crippen LogP contribution is -2.51. The fraction of sp³-hybridized carbons (Fsp3) is 0.500. The second kappa shape index (κ2) is 9.13. The molecule has 1 N–H and O–H groups in total. The number of rotatable bonds is 5. The van der Waals surface area contributed by atoms with Crippen LogP contribution in [0.1, 0.15) is 31.2 Å². The Morgan fingerprint density at radius 3 is 2.63 bits per heavy atom. The van der Waals surface area contributed by atoms with Crippen molar-refractivity contribution in [3.63, 3.8) is 0 Å². The van der Waals surface area contributed by atoms with Crippen LogP contribution in [0.2, 0.25) is 5.02 Å². The predicted molar refractivity (Wildman–Crippen MR) is 119 cm³/mol. The van der Waals surface area contributed by atoms with Crippen molar-refractivity contribution in [1.29, 1.82) is 0 Å². The molecule has 0 amide bonds. The summed E-state index contributed by atoms with van der Waals surface area (Å²) in [5.74, 6) is 0.579. The van der Waals surface area contributed by atoms with E-state index < -0.39 is 11.4 Å². The van der Waals surface area contributed by atoms with Crippen LogP contribution in [0.5, 0.6) is 5.75 Å². The first-order chi connectivity index (χ1) is 14.5. The van der Waals surface area contributed by atoms with Crippen LogP contribution in [0.25, 0.3) is 0 Å². The summed E-state index contributed by atoms with van der Waals surface area (Å²) in [5, 5.41) is 11.7. The number of aliphatic hydroxyl groups is 1. The van der Waals surface area contributed by atoms with E-state index in [-0.39, 0.29) is 10.9 Å². The van der Waals surface area contributed by atoms with Gasteiger partial charge in [-0.3, -0.25) is 4.90 Å². The van der Waals surface area contributed by atoms with Gasteiger partial charge in [0.2, 0.25) is 0 Å². The minimum atomic E-state index is -0.949. The molecule has 2 aromatic rings. The van der Waals surface area contributed by atoms with Crippen molar-refractivity contribution in [2.75, 3.05) is 44.7 Å². The summed E-state index contributed by atoms with van der Waals surface area (Å²) in [6.07, 6.45) is 3.76. The van der Waals surface area contributed by atoms with Crippen molar-refractivity contribution in [3.05, 3.63) is 58.9 Å². The molecule has 2 atom stereocenters. The average molecular weight is 433 g/mol. The van der Waals surface area contributed by atoms with E-state index in [0.717, 1.165) is 69.0 Å². The Bertz CT molecular complexity index is 872. The van der Waals surface area contributed by atoms with Crippen molar-refractivity contribution in [2.24, 2.45) is 5.92 Å². The van der Waals surface area contributed by atoms with Crippen LogP contribution in [0, 0.1) is 11.7 Å². The number of benzene rings is 2. The van der Waals surface area contributed by atoms with E-state index in [0.29, 0.717) is 6.42 Å². The van der Waals surface area contributed by atoms with Crippen molar-refractivity contribution in [1.82, 2.24) is 4.90 Å². The molecule has 2 fully saturated rings. The molecule has 1 aliphatic carbocycles. The highest BCUT2D eigenvalue weighted by atomic mass is 35.5. The molecule has 0 aromatic heterocycles. The molecule has 0 bridgehead atoms. The lowest BCUT2D eigenvalue weighted by atomic mass is 9.71. The second-order valence-corrected chi connectivity index (χ2v) is 8.86. The Morgan fingerprint density at radius 1 is 1.13 bits per heavy atom. The van der Waals surface area contributed by atoms with E-state index in [1.165, 1.54) is 6.07 Å². The standard InChI is InChI=1S/C24H30ClFN2O2/c1-30-23-8-3-2-7-22(23)28-14-12-27(13-15-28)17-19-6-4-5-11-24(19,29)18-9-10-21(26)20(25)16-18/h2-3,7-10,16,19,29H,4-6,11-15,17H2,1H3. The molecule has 0 radical (unpaired) electrons. The zero-order chi connectivity index (χ0) is 21.1. The number of halogens is 2. The maximum Gasteiger partial charge on any atom is 0.142 e. The normalized spacial score (nSPS) is 25.3. The number of piperazine rings is 1. The second-order valence-electron chi connectivity index (χ2n) is 8.46. The van der Waals surface area contributed by atoms with Gasteiger partial charge in [-0.1, -0.05) is 42.6 Å². The smallest absolute Gasteiger partial charge is 0.142 e. The van der Waals surface area contributed by atoms with Gasteiger partial charge in [0, 0.05) is 38.6 Å². The number of hydrogen-bond donors (Lipinski definition) is 1. The molecule has 2 unspecified atom stereocenters. The van der Waals surface area contributed by atoms with Crippen LogP contribution in [0.4, 0.5) is 10.1 Å². The Labute approximate surface area is 183 Å². The zero-order valence-electron chi connectivity index (χ0n) is 17.5. The largest absolute Gasteiger partial charge is 0.495 e. The molecule has 4 rings (SSSR count). The van der Waals surface area contributed by atoms with Crippen LogP contribution >= 0.6 is 11.6 Å². The molecule has 6 heteroatoms. The summed E-state index contributed by atoms with van der Waals surface area (Å²) in [6, 6.07) is 12.8. The lowest BCUT2D eigenvalue weighted by molar-refractivity contribution is -0.0660. The van der Waals surface area contributed by atoms with E-state index >= 15 is 0 Å². The number of ether oxygens (including phenoxy) is 1. The molecule has 30 heavy (non-hydrogen) atoms. The number of anilines is 1. The highest BCUT2D eigenvalue weighted by Crippen LogP contribution is 2.43. The monoisotopic (exact) mass is 432 g/mol. The van der Waals surface area contributed by atoms with Gasteiger partial charge in [0.15, 0.2) is 0 Å². The molecule has 1 saturated carbocycles. The van der Waals surface area contributed by atoms with Crippen LogP contribution < -0.4 is 9.64 Å². The molecule has 1 aliphatic heterocycles. The van der Waals surface area contributed by atoms with Crippen LogP contribution in [0.15, 0.2) is 42.5 Å². The number of hydrogen-bond acceptors (Lipinski definition) is 4. The van der Waals surface area contributed by atoms with E-state index in [9.17, 15) is 9.50 Å². The number of methoxy groups -OCH3 is 1. The average Bonchev–Trinajstić information content (AvgIpc) is 2.78. The van der Waals surface area contributed by atoms with Crippen molar-refractivity contribution < 1.29 is 14.2 Å². The topological polar surface area (TPSA) is 35.9 Å². The summed E-state index contributed by atoms with van der Waals surface area (Å²) >= 11 is 6.02. The number of para-hydroxylation sites is 2. The van der Waals surface area contributed by atoms with Gasteiger partial charge >= 0.3 is 0 Å². The molecule has 1 saturated heterocycles. The summed E-state index contributed by atoms with van der Waals surface area (Å²) in [7, 11) is 1.71. The third-order valence-electron chi connectivity index (χ3n) is 6.73. The fourth-order valence-electron chi connectivity index (χ4n) is 4.99. The molecule has 1 heterocycles. The van der Waals surface area contributed by atoms with E-state index in [2.05, 4.69) is 15.9 Å². The van der Waals surface area contributed by atoms with Gasteiger partial charge in [-0.05, 0) is 42.7 Å². The first kappa shape index (κ1) is 21.4. The van der Waals surface area contributed by atoms with Crippen molar-refractivity contribution in [3.8, 4) is 5.75 Å². The minimum absolute atomic E-state index is 0.0793. The third-order valence-corrected chi connectivity index (χ3v) is 7.02. The molecular weight excluding hydrogens is 403 g/mol. The zero-order valence-corrected chi connectivity index (χ0v) is 18.2. The summed E-state index contributed by atoms with van der Waals surface area (Å²) < 4.78 is 19.2. The van der Waals surface area contributed by atoms with E-state index in [1.54, 1.807) is 19.2 Å². The highest BCUT2D eigenvalue weighted by molar-refractivity contribution is 6.30. The third kappa shape index (κ3) is 4.29. The van der Waals surface area contributed by atoms with Gasteiger partial charge in [0.1, 0.15) is 11.6 Å². The highest BCUT2D eigenvalue weighted by Gasteiger charge is 2.41. The summed E-state index contributed by atoms with van der Waals surface area (Å²) in [5.41, 5.74) is 0.927. The maximum absolute atomic E-state index is 13.7. The van der Waals surface area contributed by atoms with Crippen molar-refractivity contribution in [2.45, 2.75) is 31.3 Å². The van der Waals surface area contributed by atoms with Gasteiger partial charge in [0.05, 0.1) is 23.4 Å². The molecule has 162 valence electrons. The Morgan fingerprint density at radius 2 is 1.90 bits per heavy atom. The van der Waals surface area contributed by atoms with Gasteiger partial charge in [0.25, 0.3) is 0 Å². The number of nitrogens with zero attached hydrogens (tertiary/aromatic N) is 2. The summed E-state index contributed by atoms with van der Waals surface area (Å²) in [6.45, 7) is 4.57. The Hall–Kier alpha value is -1.82. The lowest BCUT2D eigenvalue weighted by Gasteiger charge is -2.44. The molecule has 4 nitrogen and oxygen atoms in total. The Balaban J connectivity index is 1.44. The van der Waals surface area contributed by atoms with Gasteiger partial charge < -0.3 is 14.7 Å². The van der Waals surface area contributed by atoms with E-state index in [1.807, 2.05) is 18.2 Å². The molecule has 0 spiro atoms. The quantitative estimate of drug-likeness (QED) is 0.743. The molecular formula is C24H30ClFN2O2. The minimum Gasteiger partial charge on any atom is -0.495 e. The van der Waals surface area contributed by atoms with Crippen LogP contribution in [-0.2, 0) is 5.60 Å². The Kier molecular flexibility index (Phi) is 6.51. The van der Waals surface area contributed by atoms with Crippen molar-refractivity contribution >= 4 is 17.3 Å². The van der Waals surface area contributed by atoms with Crippen LogP contribution in [0.3, 0.4) is 0 Å². The maximum atomic E-state index is 13.7. The predicted octanol–water partition coefficient (Wildman–Crippen LogP) is 4.69. The van der Waals surface area contributed by atoms with Crippen LogP contribution in [-0.4, -0.2) is 49.8 Å². The first-order valence-corrected chi connectivity index (χ1v) is 11.2. The van der Waals surface area contributed by atoms with E-state index in [4.69, 9.17) is 16.3 Å². The molecule has 2 aliphatic rings. The SMILES string of the molecule is COc1ccccc1N1CCN(CC2CCCCC2(O)c2ccc(F)c(Cl)c2)CC1. The fourth-order valence-corrected chi connectivity index (χ4v) is 5.17. The van der Waals surface area contributed by atoms with Gasteiger partial charge in [-0.25, -0.2) is 4.39 Å². The first-order valence-electron chi connectivity index (χ1n) is 10.8. The summed E-state index contributed by atoms with van der Waals surface area (Å²) in [4.78, 5) is 4.81. The van der Waals surface area contributed by atoms with Gasteiger partial charge in [-0.2, -0.15) is 0 Å².